The highest BCUT2D eigenvalue weighted by molar-refractivity contribution is 7.04. The molecule has 0 aliphatic rings. The van der Waals surface area contributed by atoms with Gasteiger partial charge in [0.05, 0.1) is 5.69 Å². The zero-order chi connectivity index (χ0) is 11.2. The molecule has 4 rings (SSSR count). The number of hydrogen-bond donors (Lipinski definition) is 1. The van der Waals surface area contributed by atoms with Gasteiger partial charge < -0.3 is 4.98 Å². The third kappa shape index (κ3) is 1.24. The number of aromatic nitrogens is 3. The monoisotopic (exact) mass is 239 g/mol. The second kappa shape index (κ2) is 3.21. The van der Waals surface area contributed by atoms with Crippen LogP contribution in [-0.4, -0.2) is 13.8 Å². The first kappa shape index (κ1) is 9.01. The number of imidazole rings is 1. The Morgan fingerprint density at radius 3 is 3.06 bits per heavy atom. The molecule has 0 atom stereocenters. The van der Waals surface area contributed by atoms with Gasteiger partial charge in [-0.15, -0.1) is 0 Å². The third-order valence-electron chi connectivity index (χ3n) is 2.96. The van der Waals surface area contributed by atoms with Crippen molar-refractivity contribution >= 4 is 28.1 Å². The Hall–Kier alpha value is -2.07. The Kier molecular flexibility index (Phi) is 1.70. The predicted molar refractivity (Wildman–Crippen MR) is 70.4 cm³/mol. The lowest BCUT2D eigenvalue weighted by Crippen LogP contribution is -1.73. The second-order valence-corrected chi connectivity index (χ2v) is 4.84. The Balaban J connectivity index is 2.02. The summed E-state index contributed by atoms with van der Waals surface area (Å²) >= 11 is 1.65. The predicted octanol–water partition coefficient (Wildman–Crippen LogP) is 3.54. The molecule has 0 aliphatic carbocycles. The van der Waals surface area contributed by atoms with Crippen LogP contribution >= 0.6 is 11.5 Å². The molecule has 1 N–H and O–H groups in total. The van der Waals surface area contributed by atoms with Crippen molar-refractivity contribution in [3.05, 3.63) is 48.1 Å². The summed E-state index contributed by atoms with van der Waals surface area (Å²) in [5.41, 5.74) is 4.35. The molecular formula is C13H9N3S. The SMILES string of the molecule is c1ccc2c(-c3cn4sccc4n3)c[nH]c2c1. The van der Waals surface area contributed by atoms with Crippen molar-refractivity contribution in [1.82, 2.24) is 13.8 Å². The summed E-state index contributed by atoms with van der Waals surface area (Å²) in [6, 6.07) is 10.3. The number of nitrogens with zero attached hydrogens (tertiary/aromatic N) is 2. The molecule has 0 saturated heterocycles. The minimum absolute atomic E-state index is 1.01. The van der Waals surface area contributed by atoms with E-state index in [0.29, 0.717) is 0 Å². The van der Waals surface area contributed by atoms with E-state index in [9.17, 15) is 0 Å². The molecule has 0 aliphatic heterocycles. The van der Waals surface area contributed by atoms with Gasteiger partial charge in [0.25, 0.3) is 0 Å². The summed E-state index contributed by atoms with van der Waals surface area (Å²) in [4.78, 5) is 7.90. The number of rotatable bonds is 1. The maximum absolute atomic E-state index is 4.62. The fraction of sp³-hybridized carbons (Fsp3) is 0. The molecule has 0 amide bonds. The topological polar surface area (TPSA) is 33.1 Å². The van der Waals surface area contributed by atoms with Crippen LogP contribution in [-0.2, 0) is 0 Å². The van der Waals surface area contributed by atoms with Crippen LogP contribution in [0.4, 0.5) is 0 Å². The van der Waals surface area contributed by atoms with Gasteiger partial charge in [-0.1, -0.05) is 29.7 Å². The molecule has 0 saturated carbocycles. The van der Waals surface area contributed by atoms with E-state index in [1.807, 2.05) is 23.7 Å². The van der Waals surface area contributed by atoms with E-state index in [1.54, 1.807) is 11.5 Å². The molecule has 4 heteroatoms. The van der Waals surface area contributed by atoms with Crippen molar-refractivity contribution in [2.24, 2.45) is 0 Å². The molecule has 1 aromatic carbocycles. The van der Waals surface area contributed by atoms with E-state index in [1.165, 1.54) is 5.39 Å². The number of benzene rings is 1. The highest BCUT2D eigenvalue weighted by atomic mass is 32.1. The summed E-state index contributed by atoms with van der Waals surface area (Å²) in [5.74, 6) is 0. The number of hydrogen-bond acceptors (Lipinski definition) is 2. The Labute approximate surface area is 101 Å². The van der Waals surface area contributed by atoms with Crippen molar-refractivity contribution in [2.45, 2.75) is 0 Å². The van der Waals surface area contributed by atoms with Gasteiger partial charge in [-0.25, -0.2) is 4.98 Å². The molecule has 0 fully saturated rings. The molecule has 4 aromatic rings. The average molecular weight is 239 g/mol. The van der Waals surface area contributed by atoms with Gasteiger partial charge >= 0.3 is 0 Å². The van der Waals surface area contributed by atoms with Crippen molar-refractivity contribution in [2.75, 3.05) is 0 Å². The third-order valence-corrected chi connectivity index (χ3v) is 3.73. The van der Waals surface area contributed by atoms with Gasteiger partial charge in [-0.3, -0.25) is 3.79 Å². The second-order valence-electron chi connectivity index (χ2n) is 3.97. The van der Waals surface area contributed by atoms with Crippen LogP contribution in [0, 0.1) is 0 Å². The lowest BCUT2D eigenvalue weighted by Gasteiger charge is -1.92. The normalized spacial score (nSPS) is 11.5. The zero-order valence-electron chi connectivity index (χ0n) is 8.92. The Morgan fingerprint density at radius 2 is 2.12 bits per heavy atom. The molecule has 0 radical (unpaired) electrons. The average Bonchev–Trinajstić information content (AvgIpc) is 3.01. The smallest absolute Gasteiger partial charge is 0.147 e. The number of H-pyrrole nitrogens is 1. The van der Waals surface area contributed by atoms with Crippen LogP contribution in [0.2, 0.25) is 0 Å². The van der Waals surface area contributed by atoms with Gasteiger partial charge in [0.2, 0.25) is 0 Å². The largest absolute Gasteiger partial charge is 0.360 e. The van der Waals surface area contributed by atoms with E-state index < -0.39 is 0 Å². The maximum Gasteiger partial charge on any atom is 0.147 e. The summed E-state index contributed by atoms with van der Waals surface area (Å²) in [6.45, 7) is 0. The van der Waals surface area contributed by atoms with Crippen LogP contribution in [0.5, 0.6) is 0 Å². The molecule has 3 aromatic heterocycles. The molecule has 0 unspecified atom stereocenters. The van der Waals surface area contributed by atoms with E-state index in [-0.39, 0.29) is 0 Å². The van der Waals surface area contributed by atoms with Crippen molar-refractivity contribution in [3.8, 4) is 11.3 Å². The van der Waals surface area contributed by atoms with Crippen LogP contribution in [0.3, 0.4) is 0 Å². The van der Waals surface area contributed by atoms with Crippen LogP contribution in [0.25, 0.3) is 27.8 Å². The molecule has 3 nitrogen and oxygen atoms in total. The molecule has 17 heavy (non-hydrogen) atoms. The van der Waals surface area contributed by atoms with Gasteiger partial charge in [-0.2, -0.15) is 0 Å². The summed E-state index contributed by atoms with van der Waals surface area (Å²) in [5, 5.41) is 3.26. The highest BCUT2D eigenvalue weighted by Crippen LogP contribution is 2.28. The first-order valence-corrected chi connectivity index (χ1v) is 6.25. The molecule has 82 valence electrons. The van der Waals surface area contributed by atoms with Gasteiger partial charge in [0, 0.05) is 34.2 Å². The zero-order valence-corrected chi connectivity index (χ0v) is 9.74. The van der Waals surface area contributed by atoms with E-state index in [2.05, 4.69) is 38.2 Å². The van der Waals surface area contributed by atoms with Crippen molar-refractivity contribution in [3.63, 3.8) is 0 Å². The quantitative estimate of drug-likeness (QED) is 0.541. The van der Waals surface area contributed by atoms with Gasteiger partial charge in [0.1, 0.15) is 5.65 Å². The Bertz CT molecular complexity index is 778. The van der Waals surface area contributed by atoms with Crippen LogP contribution < -0.4 is 0 Å². The molecule has 0 spiro atoms. The standard InChI is InChI=1S/C13H9N3S/c1-2-4-11-9(3-1)10(7-14-11)12-8-16-13(15-12)5-6-17-16/h1-8,14H. The van der Waals surface area contributed by atoms with E-state index in [4.69, 9.17) is 0 Å². The highest BCUT2D eigenvalue weighted by Gasteiger charge is 2.09. The summed E-state index contributed by atoms with van der Waals surface area (Å²) < 4.78 is 2.08. The van der Waals surface area contributed by atoms with Crippen LogP contribution in [0.15, 0.2) is 48.1 Å². The van der Waals surface area contributed by atoms with Crippen LogP contribution in [0.1, 0.15) is 0 Å². The number of nitrogens with one attached hydrogen (secondary N) is 1. The molecule has 3 heterocycles. The fourth-order valence-electron chi connectivity index (χ4n) is 2.14. The van der Waals surface area contributed by atoms with Gasteiger partial charge in [-0.05, 0) is 12.1 Å². The van der Waals surface area contributed by atoms with Gasteiger partial charge in [0.15, 0.2) is 0 Å². The first-order valence-electron chi connectivity index (χ1n) is 5.41. The number of para-hydroxylation sites is 1. The van der Waals surface area contributed by atoms with E-state index >= 15 is 0 Å². The summed E-state index contributed by atoms with van der Waals surface area (Å²) in [7, 11) is 0. The lowest BCUT2D eigenvalue weighted by atomic mass is 10.1. The molecular weight excluding hydrogens is 230 g/mol. The lowest BCUT2D eigenvalue weighted by molar-refractivity contribution is 1.37. The van der Waals surface area contributed by atoms with Crippen molar-refractivity contribution in [1.29, 1.82) is 0 Å². The number of aromatic amines is 1. The maximum atomic E-state index is 4.62. The van der Waals surface area contributed by atoms with E-state index in [0.717, 1.165) is 22.4 Å². The minimum atomic E-state index is 1.01. The fourth-order valence-corrected chi connectivity index (χ4v) is 2.83. The summed E-state index contributed by atoms with van der Waals surface area (Å²) in [6.07, 6.45) is 4.10. The van der Waals surface area contributed by atoms with Crippen molar-refractivity contribution < 1.29 is 0 Å². The minimum Gasteiger partial charge on any atom is -0.360 e. The number of fused-ring (bicyclic) bond motifs is 2. The molecule has 0 bridgehead atoms. The Morgan fingerprint density at radius 1 is 1.18 bits per heavy atom. The first-order chi connectivity index (χ1) is 8.42.